The highest BCUT2D eigenvalue weighted by Crippen LogP contribution is 2.13. The highest BCUT2D eigenvalue weighted by atomic mass is 79.9. The van der Waals surface area contributed by atoms with Crippen molar-refractivity contribution >= 4 is 23.0 Å². The van der Waals surface area contributed by atoms with Crippen LogP contribution in [0.2, 0.25) is 0 Å². The van der Waals surface area contributed by atoms with Crippen molar-refractivity contribution in [2.24, 2.45) is 11.7 Å². The Balaban J connectivity index is 0.00000121. The van der Waals surface area contributed by atoms with Crippen molar-refractivity contribution in [2.45, 2.75) is 12.5 Å². The lowest BCUT2D eigenvalue weighted by Crippen LogP contribution is -2.43. The first-order valence-corrected chi connectivity index (χ1v) is 3.67. The maximum Gasteiger partial charge on any atom is 0.312 e. The summed E-state index contributed by atoms with van der Waals surface area (Å²) < 4.78 is 9.66. The fourth-order valence-corrected chi connectivity index (χ4v) is 1.15. The van der Waals surface area contributed by atoms with Crippen molar-refractivity contribution in [2.75, 3.05) is 20.3 Å². The van der Waals surface area contributed by atoms with E-state index in [1.807, 2.05) is 0 Å². The van der Waals surface area contributed by atoms with Crippen LogP contribution in [0.5, 0.6) is 0 Å². The number of hydrogen-bond acceptors (Lipinski definition) is 4. The second kappa shape index (κ2) is 5.50. The number of esters is 1. The van der Waals surface area contributed by atoms with E-state index >= 15 is 0 Å². The van der Waals surface area contributed by atoms with Crippen LogP contribution in [0.15, 0.2) is 0 Å². The second-order valence-corrected chi connectivity index (χ2v) is 2.66. The number of halogens is 1. The number of carbonyl (C=O) groups excluding carboxylic acids is 1. The molecular formula is C7H14BrNO3. The first-order chi connectivity index (χ1) is 5.25. The van der Waals surface area contributed by atoms with Gasteiger partial charge >= 0.3 is 5.97 Å². The van der Waals surface area contributed by atoms with E-state index in [0.717, 1.165) is 6.42 Å². The fraction of sp³-hybridized carbons (Fsp3) is 0.857. The summed E-state index contributed by atoms with van der Waals surface area (Å²) in [6.07, 6.45) is 0.736. The maximum atomic E-state index is 11.0. The molecule has 1 rings (SSSR count). The van der Waals surface area contributed by atoms with Gasteiger partial charge in [-0.2, -0.15) is 0 Å². The molecule has 0 aromatic rings. The Morgan fingerprint density at radius 3 is 2.83 bits per heavy atom. The highest BCUT2D eigenvalue weighted by Gasteiger charge is 2.29. The predicted molar refractivity (Wildman–Crippen MR) is 49.2 cm³/mol. The number of carbonyl (C=O) groups is 1. The lowest BCUT2D eigenvalue weighted by Gasteiger charge is -2.26. The molecule has 0 aromatic heterocycles. The summed E-state index contributed by atoms with van der Waals surface area (Å²) in [5.74, 6) is -0.536. The Labute approximate surface area is 82.2 Å². The molecule has 0 aromatic carbocycles. The normalized spacial score (nSPS) is 28.8. The van der Waals surface area contributed by atoms with Crippen LogP contribution in [-0.2, 0) is 14.3 Å². The van der Waals surface area contributed by atoms with Gasteiger partial charge < -0.3 is 15.2 Å². The number of ether oxygens (including phenoxy) is 2. The Kier molecular flexibility index (Phi) is 5.44. The van der Waals surface area contributed by atoms with Gasteiger partial charge in [0.2, 0.25) is 0 Å². The first-order valence-electron chi connectivity index (χ1n) is 3.67. The van der Waals surface area contributed by atoms with Gasteiger partial charge in [-0.3, -0.25) is 4.79 Å². The van der Waals surface area contributed by atoms with E-state index < -0.39 is 0 Å². The van der Waals surface area contributed by atoms with E-state index in [4.69, 9.17) is 10.5 Å². The molecule has 72 valence electrons. The Hall–Kier alpha value is -0.130. The van der Waals surface area contributed by atoms with Crippen molar-refractivity contribution in [3.8, 4) is 0 Å². The standard InChI is InChI=1S/C7H13NO3.BrH/c1-10-7(9)5-4-11-3-2-6(5)8;/h5-6H,2-4,8H2,1H3;1H/t5-,6-;/m1./s1. The molecule has 2 atom stereocenters. The minimum Gasteiger partial charge on any atom is -0.469 e. The summed E-state index contributed by atoms with van der Waals surface area (Å²) in [5.41, 5.74) is 5.67. The van der Waals surface area contributed by atoms with Gasteiger partial charge in [-0.05, 0) is 6.42 Å². The third kappa shape index (κ3) is 2.73. The number of nitrogens with two attached hydrogens (primary N) is 1. The molecule has 0 bridgehead atoms. The van der Waals surface area contributed by atoms with Crippen molar-refractivity contribution in [3.05, 3.63) is 0 Å². The van der Waals surface area contributed by atoms with Gasteiger partial charge in [0.1, 0.15) is 0 Å². The summed E-state index contributed by atoms with van der Waals surface area (Å²) >= 11 is 0. The third-order valence-electron chi connectivity index (χ3n) is 1.91. The minimum absolute atomic E-state index is 0. The molecule has 0 saturated carbocycles. The molecule has 0 unspecified atom stereocenters. The number of methoxy groups -OCH3 is 1. The molecule has 0 amide bonds. The quantitative estimate of drug-likeness (QED) is 0.660. The van der Waals surface area contributed by atoms with Crippen LogP contribution in [0.25, 0.3) is 0 Å². The van der Waals surface area contributed by atoms with Crippen LogP contribution in [0.4, 0.5) is 0 Å². The summed E-state index contributed by atoms with van der Waals surface area (Å²) in [4.78, 5) is 11.0. The number of rotatable bonds is 1. The van der Waals surface area contributed by atoms with Crippen LogP contribution in [0.3, 0.4) is 0 Å². The predicted octanol–water partition coefficient (Wildman–Crippen LogP) is 0.101. The van der Waals surface area contributed by atoms with Crippen molar-refractivity contribution < 1.29 is 14.3 Å². The highest BCUT2D eigenvalue weighted by molar-refractivity contribution is 8.93. The summed E-state index contributed by atoms with van der Waals surface area (Å²) in [5, 5.41) is 0. The van der Waals surface area contributed by atoms with Crippen LogP contribution in [0, 0.1) is 5.92 Å². The molecule has 1 saturated heterocycles. The van der Waals surface area contributed by atoms with Gasteiger partial charge in [0.15, 0.2) is 0 Å². The molecule has 1 aliphatic heterocycles. The molecule has 12 heavy (non-hydrogen) atoms. The van der Waals surface area contributed by atoms with Gasteiger partial charge in [-0.15, -0.1) is 17.0 Å². The summed E-state index contributed by atoms with van der Waals surface area (Å²) in [7, 11) is 1.36. The smallest absolute Gasteiger partial charge is 0.312 e. The van der Waals surface area contributed by atoms with E-state index in [0.29, 0.717) is 13.2 Å². The van der Waals surface area contributed by atoms with Crippen molar-refractivity contribution in [1.29, 1.82) is 0 Å². The average Bonchev–Trinajstić information content (AvgIpc) is 2.04. The molecule has 5 heteroatoms. The van der Waals surface area contributed by atoms with Crippen molar-refractivity contribution in [3.63, 3.8) is 0 Å². The van der Waals surface area contributed by atoms with Crippen LogP contribution in [0.1, 0.15) is 6.42 Å². The molecule has 1 heterocycles. The van der Waals surface area contributed by atoms with Crippen molar-refractivity contribution in [1.82, 2.24) is 0 Å². The Bertz CT molecular complexity index is 154. The van der Waals surface area contributed by atoms with E-state index in [2.05, 4.69) is 4.74 Å². The van der Waals surface area contributed by atoms with E-state index in [9.17, 15) is 4.79 Å². The zero-order valence-electron chi connectivity index (χ0n) is 6.99. The van der Waals surface area contributed by atoms with Gasteiger partial charge in [0.25, 0.3) is 0 Å². The third-order valence-corrected chi connectivity index (χ3v) is 1.91. The fourth-order valence-electron chi connectivity index (χ4n) is 1.15. The molecule has 0 radical (unpaired) electrons. The van der Waals surface area contributed by atoms with Gasteiger partial charge in [-0.25, -0.2) is 0 Å². The maximum absolute atomic E-state index is 11.0. The van der Waals surface area contributed by atoms with Gasteiger partial charge in [0.05, 0.1) is 19.6 Å². The van der Waals surface area contributed by atoms with Crippen LogP contribution >= 0.6 is 17.0 Å². The molecular weight excluding hydrogens is 226 g/mol. The topological polar surface area (TPSA) is 61.5 Å². The molecule has 0 aliphatic carbocycles. The largest absolute Gasteiger partial charge is 0.469 e. The second-order valence-electron chi connectivity index (χ2n) is 2.66. The van der Waals surface area contributed by atoms with Crippen LogP contribution < -0.4 is 5.73 Å². The SMILES string of the molecule is Br.COC(=O)[C@@H]1COCC[C@H]1N. The molecule has 1 fully saturated rings. The monoisotopic (exact) mass is 239 g/mol. The van der Waals surface area contributed by atoms with Crippen LogP contribution in [-0.4, -0.2) is 32.3 Å². The Morgan fingerprint density at radius 1 is 1.67 bits per heavy atom. The van der Waals surface area contributed by atoms with Gasteiger partial charge in [-0.1, -0.05) is 0 Å². The summed E-state index contributed by atoms with van der Waals surface area (Å²) in [6, 6.07) is -0.101. The zero-order valence-corrected chi connectivity index (χ0v) is 8.70. The zero-order chi connectivity index (χ0) is 8.27. The number of hydrogen-bond donors (Lipinski definition) is 1. The lowest BCUT2D eigenvalue weighted by atomic mass is 9.97. The van der Waals surface area contributed by atoms with Gasteiger partial charge in [0, 0.05) is 12.6 Å². The van der Waals surface area contributed by atoms with E-state index in [1.54, 1.807) is 0 Å². The summed E-state index contributed by atoms with van der Waals surface area (Å²) in [6.45, 7) is 1.04. The van der Waals surface area contributed by atoms with E-state index in [1.165, 1.54) is 7.11 Å². The molecule has 4 nitrogen and oxygen atoms in total. The van der Waals surface area contributed by atoms with E-state index in [-0.39, 0.29) is 34.9 Å². The molecule has 1 aliphatic rings. The lowest BCUT2D eigenvalue weighted by molar-refractivity contribution is -0.150. The minimum atomic E-state index is -0.270. The molecule has 2 N–H and O–H groups in total. The first kappa shape index (κ1) is 11.9. The average molecular weight is 240 g/mol. The molecule has 0 spiro atoms. The Morgan fingerprint density at radius 2 is 2.33 bits per heavy atom.